The van der Waals surface area contributed by atoms with Crippen molar-refractivity contribution in [2.24, 2.45) is 0 Å². The van der Waals surface area contributed by atoms with Gasteiger partial charge >= 0.3 is 0 Å². The van der Waals surface area contributed by atoms with Gasteiger partial charge in [0, 0.05) is 13.7 Å². The quantitative estimate of drug-likeness (QED) is 0.419. The summed E-state index contributed by atoms with van der Waals surface area (Å²) in [6.45, 7) is 5.83. The Morgan fingerprint density at radius 3 is 2.50 bits per heavy atom. The zero-order chi connectivity index (χ0) is 9.40. The molecule has 1 atom stereocenters. The molecule has 0 rings (SSSR count). The average molecular weight is 173 g/mol. The van der Waals surface area contributed by atoms with E-state index >= 15 is 0 Å². The molecule has 0 N–H and O–H groups in total. The predicted octanol–water partition coefficient (Wildman–Crippen LogP) is 0.766. The van der Waals surface area contributed by atoms with E-state index in [2.05, 4.69) is 11.5 Å². The molecular weight excluding hydrogens is 154 g/mol. The van der Waals surface area contributed by atoms with Crippen LogP contribution in [0.15, 0.2) is 12.7 Å². The Hall–Kier alpha value is -0.380. The summed E-state index contributed by atoms with van der Waals surface area (Å²) in [5.74, 6) is 0. The van der Waals surface area contributed by atoms with Crippen molar-refractivity contribution in [1.82, 2.24) is 4.90 Å². The Kier molecular flexibility index (Phi) is 7.05. The van der Waals surface area contributed by atoms with E-state index in [0.717, 1.165) is 6.54 Å². The second-order valence-electron chi connectivity index (χ2n) is 2.90. The third kappa shape index (κ3) is 6.34. The zero-order valence-corrected chi connectivity index (χ0v) is 8.25. The summed E-state index contributed by atoms with van der Waals surface area (Å²) in [6, 6.07) is 0. The van der Waals surface area contributed by atoms with E-state index in [0.29, 0.717) is 13.2 Å². The fourth-order valence-electron chi connectivity index (χ4n) is 0.838. The standard InChI is InChI=1S/C9H19NO2/c1-5-9(8-10(2)3)12-7-6-11-4/h5,9H,1,6-8H2,2-4H3/t9-/m1/s1. The number of hydrogen-bond acceptors (Lipinski definition) is 3. The van der Waals surface area contributed by atoms with E-state index in [1.54, 1.807) is 7.11 Å². The predicted molar refractivity (Wildman–Crippen MR) is 50.4 cm³/mol. The van der Waals surface area contributed by atoms with Crippen molar-refractivity contribution in [3.8, 4) is 0 Å². The van der Waals surface area contributed by atoms with Gasteiger partial charge in [-0.3, -0.25) is 0 Å². The van der Waals surface area contributed by atoms with Crippen LogP contribution in [0.1, 0.15) is 0 Å². The van der Waals surface area contributed by atoms with Crippen LogP contribution in [0.2, 0.25) is 0 Å². The first-order valence-electron chi connectivity index (χ1n) is 4.08. The maximum Gasteiger partial charge on any atom is 0.0881 e. The third-order valence-corrected chi connectivity index (χ3v) is 1.43. The van der Waals surface area contributed by atoms with Gasteiger partial charge in [0.25, 0.3) is 0 Å². The Labute approximate surface area is 75.0 Å². The minimum atomic E-state index is 0.107. The fraction of sp³-hybridized carbons (Fsp3) is 0.778. The lowest BCUT2D eigenvalue weighted by molar-refractivity contribution is 0.0290. The van der Waals surface area contributed by atoms with E-state index in [1.807, 2.05) is 20.2 Å². The van der Waals surface area contributed by atoms with Crippen LogP contribution in [-0.2, 0) is 9.47 Å². The lowest BCUT2D eigenvalue weighted by Crippen LogP contribution is -2.27. The molecule has 0 amide bonds. The van der Waals surface area contributed by atoms with Gasteiger partial charge in [-0.1, -0.05) is 6.08 Å². The van der Waals surface area contributed by atoms with Crippen LogP contribution in [-0.4, -0.2) is 52.0 Å². The van der Waals surface area contributed by atoms with Gasteiger partial charge in [-0.25, -0.2) is 0 Å². The number of hydrogen-bond donors (Lipinski definition) is 0. The summed E-state index contributed by atoms with van der Waals surface area (Å²) >= 11 is 0. The summed E-state index contributed by atoms with van der Waals surface area (Å²) in [5.41, 5.74) is 0. The minimum absolute atomic E-state index is 0.107. The monoisotopic (exact) mass is 173 g/mol. The van der Waals surface area contributed by atoms with E-state index in [9.17, 15) is 0 Å². The topological polar surface area (TPSA) is 21.7 Å². The SMILES string of the molecule is C=C[C@H](CN(C)C)OCCOC. The first-order valence-corrected chi connectivity index (χ1v) is 4.08. The van der Waals surface area contributed by atoms with Crippen LogP contribution in [0.25, 0.3) is 0 Å². The molecule has 0 radical (unpaired) electrons. The largest absolute Gasteiger partial charge is 0.382 e. The molecule has 72 valence electrons. The highest BCUT2D eigenvalue weighted by atomic mass is 16.5. The molecule has 0 aliphatic heterocycles. The molecular formula is C9H19NO2. The average Bonchev–Trinajstić information content (AvgIpc) is 2.02. The Morgan fingerprint density at radius 2 is 2.08 bits per heavy atom. The van der Waals surface area contributed by atoms with Crippen LogP contribution in [0.4, 0.5) is 0 Å². The van der Waals surface area contributed by atoms with Gasteiger partial charge in [-0.05, 0) is 14.1 Å². The minimum Gasteiger partial charge on any atom is -0.382 e. The zero-order valence-electron chi connectivity index (χ0n) is 8.25. The van der Waals surface area contributed by atoms with Gasteiger partial charge in [0.15, 0.2) is 0 Å². The highest BCUT2D eigenvalue weighted by molar-refractivity contribution is 4.81. The summed E-state index contributed by atoms with van der Waals surface area (Å²) in [6.07, 6.45) is 1.92. The Morgan fingerprint density at radius 1 is 1.42 bits per heavy atom. The molecule has 0 fully saturated rings. The summed E-state index contributed by atoms with van der Waals surface area (Å²) in [5, 5.41) is 0. The van der Waals surface area contributed by atoms with Gasteiger partial charge in [-0.15, -0.1) is 6.58 Å². The van der Waals surface area contributed by atoms with Crippen molar-refractivity contribution in [2.45, 2.75) is 6.10 Å². The number of likely N-dealkylation sites (N-methyl/N-ethyl adjacent to an activating group) is 1. The van der Waals surface area contributed by atoms with Gasteiger partial charge < -0.3 is 14.4 Å². The normalized spacial score (nSPS) is 13.3. The fourth-order valence-corrected chi connectivity index (χ4v) is 0.838. The number of nitrogens with zero attached hydrogens (tertiary/aromatic N) is 1. The Bertz CT molecular complexity index is 115. The van der Waals surface area contributed by atoms with Crippen LogP contribution < -0.4 is 0 Å². The molecule has 0 saturated carbocycles. The van der Waals surface area contributed by atoms with Crippen LogP contribution in [0, 0.1) is 0 Å². The molecule has 0 aromatic heterocycles. The van der Waals surface area contributed by atoms with Crippen molar-refractivity contribution >= 4 is 0 Å². The maximum atomic E-state index is 5.46. The number of ether oxygens (including phenoxy) is 2. The van der Waals surface area contributed by atoms with E-state index in [1.165, 1.54) is 0 Å². The van der Waals surface area contributed by atoms with Gasteiger partial charge in [0.2, 0.25) is 0 Å². The van der Waals surface area contributed by atoms with E-state index in [4.69, 9.17) is 9.47 Å². The molecule has 3 heteroatoms. The summed E-state index contributed by atoms with van der Waals surface area (Å²) < 4.78 is 10.3. The Balaban J connectivity index is 3.46. The molecule has 3 nitrogen and oxygen atoms in total. The molecule has 0 aromatic rings. The lowest BCUT2D eigenvalue weighted by Gasteiger charge is -2.17. The smallest absolute Gasteiger partial charge is 0.0881 e. The van der Waals surface area contributed by atoms with Gasteiger partial charge in [0.1, 0.15) is 0 Å². The molecule has 0 bridgehead atoms. The summed E-state index contributed by atoms with van der Waals surface area (Å²) in [4.78, 5) is 2.07. The van der Waals surface area contributed by atoms with Gasteiger partial charge in [-0.2, -0.15) is 0 Å². The third-order valence-electron chi connectivity index (χ3n) is 1.43. The highest BCUT2D eigenvalue weighted by Gasteiger charge is 2.04. The molecule has 0 saturated heterocycles. The lowest BCUT2D eigenvalue weighted by atomic mass is 10.3. The first kappa shape index (κ1) is 11.6. The second kappa shape index (κ2) is 7.28. The molecule has 0 aromatic carbocycles. The van der Waals surface area contributed by atoms with Gasteiger partial charge in [0.05, 0.1) is 19.3 Å². The van der Waals surface area contributed by atoms with Crippen LogP contribution in [0.5, 0.6) is 0 Å². The van der Waals surface area contributed by atoms with E-state index < -0.39 is 0 Å². The van der Waals surface area contributed by atoms with E-state index in [-0.39, 0.29) is 6.10 Å². The molecule has 12 heavy (non-hydrogen) atoms. The van der Waals surface area contributed by atoms with Crippen molar-refractivity contribution in [2.75, 3.05) is 41.0 Å². The highest BCUT2D eigenvalue weighted by Crippen LogP contribution is 1.94. The van der Waals surface area contributed by atoms with Crippen molar-refractivity contribution in [3.05, 3.63) is 12.7 Å². The molecule has 0 aliphatic rings. The van der Waals surface area contributed by atoms with Crippen molar-refractivity contribution in [3.63, 3.8) is 0 Å². The van der Waals surface area contributed by atoms with Crippen LogP contribution >= 0.6 is 0 Å². The van der Waals surface area contributed by atoms with Crippen molar-refractivity contribution < 1.29 is 9.47 Å². The van der Waals surface area contributed by atoms with Crippen LogP contribution in [0.3, 0.4) is 0 Å². The van der Waals surface area contributed by atoms with Crippen molar-refractivity contribution in [1.29, 1.82) is 0 Å². The number of methoxy groups -OCH3 is 1. The second-order valence-corrected chi connectivity index (χ2v) is 2.90. The maximum absolute atomic E-state index is 5.46. The molecule has 0 aliphatic carbocycles. The molecule has 0 spiro atoms. The first-order chi connectivity index (χ1) is 5.70. The summed E-state index contributed by atoms with van der Waals surface area (Å²) in [7, 11) is 5.69. The number of rotatable bonds is 7. The molecule has 0 heterocycles. The molecule has 0 unspecified atom stereocenters.